The predicted molar refractivity (Wildman–Crippen MR) is 101 cm³/mol. The Hall–Kier alpha value is -0.600. The number of ether oxygens (including phenoxy) is 1. The molecule has 118 valence electrons. The number of hydrogen-bond donors (Lipinski definition) is 2. The summed E-state index contributed by atoms with van der Waals surface area (Å²) in [5, 5.41) is 8.82. The minimum absolute atomic E-state index is 0. The molecule has 1 aromatic heterocycles. The molecule has 0 bridgehead atoms. The zero-order valence-corrected chi connectivity index (χ0v) is 15.6. The number of nitrogens with one attached hydrogen (secondary N) is 2. The second kappa shape index (κ2) is 11.0. The number of hydrogen-bond acceptors (Lipinski definition) is 3. The van der Waals surface area contributed by atoms with Gasteiger partial charge in [0.1, 0.15) is 0 Å². The van der Waals surface area contributed by atoms with Crippen molar-refractivity contribution in [3.63, 3.8) is 0 Å². The first-order valence-corrected chi connectivity index (χ1v) is 7.99. The van der Waals surface area contributed by atoms with Crippen molar-refractivity contribution in [1.82, 2.24) is 10.6 Å². The van der Waals surface area contributed by atoms with Crippen LogP contribution in [0.5, 0.6) is 0 Å². The number of thiophene rings is 1. The second-order valence-corrected chi connectivity index (χ2v) is 5.72. The monoisotopic (exact) mass is 421 g/mol. The molecule has 0 saturated heterocycles. The summed E-state index contributed by atoms with van der Waals surface area (Å²) < 4.78 is 5.30. The van der Waals surface area contributed by atoms with Crippen molar-refractivity contribution in [2.45, 2.75) is 19.3 Å². The molecule has 1 aromatic rings. The van der Waals surface area contributed by atoms with Gasteiger partial charge in [0.05, 0.1) is 13.2 Å². The van der Waals surface area contributed by atoms with Crippen LogP contribution in [-0.2, 0) is 11.2 Å². The third-order valence-electron chi connectivity index (χ3n) is 3.26. The van der Waals surface area contributed by atoms with Gasteiger partial charge in [-0.3, -0.25) is 4.99 Å². The van der Waals surface area contributed by atoms with Gasteiger partial charge < -0.3 is 15.4 Å². The fourth-order valence-corrected chi connectivity index (χ4v) is 2.82. The Morgan fingerprint density at radius 2 is 2.14 bits per heavy atom. The highest BCUT2D eigenvalue weighted by Crippen LogP contribution is 2.10. The molecule has 0 radical (unpaired) electrons. The number of guanidine groups is 1. The van der Waals surface area contributed by atoms with E-state index in [1.165, 1.54) is 10.5 Å². The highest BCUT2D eigenvalue weighted by atomic mass is 127. The molecule has 0 atom stereocenters. The molecule has 1 aliphatic heterocycles. The number of halogens is 1. The molecule has 1 aliphatic rings. The van der Waals surface area contributed by atoms with E-state index in [2.05, 4.69) is 39.2 Å². The first kappa shape index (κ1) is 18.4. The predicted octanol–water partition coefficient (Wildman–Crippen LogP) is 2.81. The maximum Gasteiger partial charge on any atom is 0.190 e. The topological polar surface area (TPSA) is 45.7 Å². The van der Waals surface area contributed by atoms with Gasteiger partial charge in [-0.05, 0) is 30.7 Å². The third-order valence-corrected chi connectivity index (χ3v) is 4.20. The van der Waals surface area contributed by atoms with Gasteiger partial charge in [-0.25, -0.2) is 0 Å². The Balaban J connectivity index is 0.00000220. The largest absolute Gasteiger partial charge is 0.377 e. The van der Waals surface area contributed by atoms with Crippen LogP contribution in [0.4, 0.5) is 0 Å². The highest BCUT2D eigenvalue weighted by Gasteiger charge is 2.04. The molecule has 0 amide bonds. The molecule has 0 aliphatic carbocycles. The van der Waals surface area contributed by atoms with Crippen molar-refractivity contribution >= 4 is 41.3 Å². The lowest BCUT2D eigenvalue weighted by Crippen LogP contribution is -2.38. The lowest BCUT2D eigenvalue weighted by molar-refractivity contribution is 0.153. The molecule has 6 heteroatoms. The van der Waals surface area contributed by atoms with Crippen molar-refractivity contribution in [2.24, 2.45) is 4.99 Å². The van der Waals surface area contributed by atoms with E-state index in [0.29, 0.717) is 0 Å². The molecular formula is C15H24IN3OS. The van der Waals surface area contributed by atoms with E-state index < -0.39 is 0 Å². The van der Waals surface area contributed by atoms with Gasteiger partial charge in [0.15, 0.2) is 5.96 Å². The van der Waals surface area contributed by atoms with E-state index in [-0.39, 0.29) is 24.0 Å². The van der Waals surface area contributed by atoms with E-state index in [4.69, 9.17) is 4.74 Å². The van der Waals surface area contributed by atoms with Crippen molar-refractivity contribution in [2.75, 3.05) is 33.4 Å². The van der Waals surface area contributed by atoms with Crippen LogP contribution in [-0.4, -0.2) is 39.3 Å². The average molecular weight is 421 g/mol. The summed E-state index contributed by atoms with van der Waals surface area (Å²) in [6.45, 7) is 3.46. The normalized spacial score (nSPS) is 15.1. The van der Waals surface area contributed by atoms with E-state index in [1.54, 1.807) is 11.3 Å². The molecule has 0 unspecified atom stereocenters. The fraction of sp³-hybridized carbons (Fsp3) is 0.533. The van der Waals surface area contributed by atoms with Crippen LogP contribution in [0.25, 0.3) is 0 Å². The van der Waals surface area contributed by atoms with Gasteiger partial charge >= 0.3 is 0 Å². The molecule has 0 saturated carbocycles. The summed E-state index contributed by atoms with van der Waals surface area (Å²) in [6, 6.07) is 4.26. The lowest BCUT2D eigenvalue weighted by Gasteiger charge is -2.15. The summed E-state index contributed by atoms with van der Waals surface area (Å²) in [7, 11) is 1.81. The van der Waals surface area contributed by atoms with Crippen molar-refractivity contribution < 1.29 is 4.74 Å². The van der Waals surface area contributed by atoms with Gasteiger partial charge in [0, 0.05) is 25.0 Å². The summed E-state index contributed by atoms with van der Waals surface area (Å²) in [4.78, 5) is 5.65. The van der Waals surface area contributed by atoms with Gasteiger partial charge in [0.25, 0.3) is 0 Å². The van der Waals surface area contributed by atoms with Crippen LogP contribution in [0.1, 0.15) is 17.7 Å². The maximum atomic E-state index is 5.30. The van der Waals surface area contributed by atoms with E-state index >= 15 is 0 Å². The highest BCUT2D eigenvalue weighted by molar-refractivity contribution is 14.0. The summed E-state index contributed by atoms with van der Waals surface area (Å²) in [6.07, 6.45) is 5.36. The first-order valence-electron chi connectivity index (χ1n) is 7.11. The van der Waals surface area contributed by atoms with Crippen LogP contribution in [0.2, 0.25) is 0 Å². The summed E-state index contributed by atoms with van der Waals surface area (Å²) in [5.41, 5.74) is 1.48. The molecule has 0 spiro atoms. The van der Waals surface area contributed by atoms with E-state index in [1.807, 2.05) is 7.05 Å². The lowest BCUT2D eigenvalue weighted by atomic mass is 10.1. The minimum atomic E-state index is 0. The Kier molecular flexibility index (Phi) is 9.69. The molecule has 2 rings (SSSR count). The first-order chi connectivity index (χ1) is 9.88. The molecule has 2 N–H and O–H groups in total. The van der Waals surface area contributed by atoms with Crippen LogP contribution in [0, 0.1) is 0 Å². The zero-order valence-electron chi connectivity index (χ0n) is 12.4. The molecule has 4 nitrogen and oxygen atoms in total. The van der Waals surface area contributed by atoms with Gasteiger partial charge in [-0.2, -0.15) is 0 Å². The number of aliphatic imine (C=N–C) groups is 1. The van der Waals surface area contributed by atoms with Crippen molar-refractivity contribution in [3.05, 3.63) is 34.0 Å². The number of rotatable bonds is 6. The molecule has 2 heterocycles. The fourth-order valence-electron chi connectivity index (χ4n) is 2.11. The Morgan fingerprint density at radius 1 is 1.33 bits per heavy atom. The van der Waals surface area contributed by atoms with E-state index in [9.17, 15) is 0 Å². The Morgan fingerprint density at radius 3 is 2.76 bits per heavy atom. The average Bonchev–Trinajstić information content (AvgIpc) is 3.00. The second-order valence-electron chi connectivity index (χ2n) is 4.69. The summed E-state index contributed by atoms with van der Waals surface area (Å²) in [5.74, 6) is 0.884. The van der Waals surface area contributed by atoms with Crippen LogP contribution in [0.15, 0.2) is 34.2 Å². The van der Waals surface area contributed by atoms with E-state index in [0.717, 1.165) is 51.5 Å². The third kappa shape index (κ3) is 7.28. The smallest absolute Gasteiger partial charge is 0.190 e. The van der Waals surface area contributed by atoms with Gasteiger partial charge in [-0.15, -0.1) is 35.3 Å². The molecule has 0 fully saturated rings. The molecule has 0 aromatic carbocycles. The van der Waals surface area contributed by atoms with Crippen LogP contribution < -0.4 is 10.6 Å². The van der Waals surface area contributed by atoms with Gasteiger partial charge in [0.2, 0.25) is 0 Å². The number of nitrogens with zero attached hydrogens (tertiary/aromatic N) is 1. The van der Waals surface area contributed by atoms with Crippen molar-refractivity contribution in [1.29, 1.82) is 0 Å². The molecular weight excluding hydrogens is 397 g/mol. The standard InChI is InChI=1S/C15H23N3OS.HI/c1-16-15(18-9-5-14-3-2-12-20-14)17-8-4-13-6-10-19-11-7-13;/h2-3,6,12H,4-5,7-11H2,1H3,(H2,16,17,18);1H. The SMILES string of the molecule is CN=C(NCCC1=CCOCC1)NCCc1cccs1.I. The molecule has 21 heavy (non-hydrogen) atoms. The van der Waals surface area contributed by atoms with Crippen LogP contribution >= 0.6 is 35.3 Å². The van der Waals surface area contributed by atoms with Crippen LogP contribution in [0.3, 0.4) is 0 Å². The van der Waals surface area contributed by atoms with Crippen molar-refractivity contribution in [3.8, 4) is 0 Å². The minimum Gasteiger partial charge on any atom is -0.377 e. The Labute approximate surface area is 148 Å². The maximum absolute atomic E-state index is 5.30. The summed E-state index contributed by atoms with van der Waals surface area (Å²) >= 11 is 1.80. The van der Waals surface area contributed by atoms with Gasteiger partial charge in [-0.1, -0.05) is 17.7 Å². The quantitative estimate of drug-likeness (QED) is 0.322. The zero-order chi connectivity index (χ0) is 14.0. The Bertz CT molecular complexity index is 446.